The third kappa shape index (κ3) is 4.67. The van der Waals surface area contributed by atoms with Crippen molar-refractivity contribution in [1.29, 1.82) is 0 Å². The summed E-state index contributed by atoms with van der Waals surface area (Å²) in [4.78, 5) is 0. The molecule has 4 aliphatic rings. The molecule has 0 amide bonds. The summed E-state index contributed by atoms with van der Waals surface area (Å²) in [6.07, 6.45) is 18.1. The number of hydrogen-bond acceptors (Lipinski definition) is 1. The monoisotopic (exact) mass is 418 g/mol. The molecule has 0 aromatic heterocycles. The van der Waals surface area contributed by atoms with E-state index in [0.29, 0.717) is 16.2 Å². The van der Waals surface area contributed by atoms with E-state index in [1.54, 1.807) is 0 Å². The van der Waals surface area contributed by atoms with Crippen LogP contribution in [0.2, 0.25) is 0 Å². The molecule has 0 saturated heterocycles. The zero-order valence-corrected chi connectivity index (χ0v) is 21.6. The van der Waals surface area contributed by atoms with Gasteiger partial charge in [0.1, 0.15) is 0 Å². The Kier molecular flexibility index (Phi) is 7.74. The Morgan fingerprint density at radius 1 is 0.800 bits per heavy atom. The van der Waals surface area contributed by atoms with Crippen molar-refractivity contribution in [2.24, 2.45) is 45.8 Å². The van der Waals surface area contributed by atoms with Crippen LogP contribution in [0, 0.1) is 45.8 Å². The van der Waals surface area contributed by atoms with E-state index in [9.17, 15) is 5.11 Å². The van der Waals surface area contributed by atoms with E-state index < -0.39 is 0 Å². The highest BCUT2D eigenvalue weighted by Gasteiger charge is 2.59. The third-order valence-electron chi connectivity index (χ3n) is 10.6. The number of aliphatic hydroxyl groups is 1. The fourth-order valence-electron chi connectivity index (χ4n) is 8.86. The average Bonchev–Trinajstić information content (AvgIpc) is 3.03. The minimum Gasteiger partial charge on any atom is -0.393 e. The quantitative estimate of drug-likeness (QED) is 0.453. The van der Waals surface area contributed by atoms with Crippen molar-refractivity contribution >= 4 is 0 Å². The molecule has 0 aromatic rings. The molecule has 0 radical (unpaired) electrons. The van der Waals surface area contributed by atoms with Gasteiger partial charge in [-0.1, -0.05) is 61.3 Å². The van der Waals surface area contributed by atoms with Crippen molar-refractivity contribution in [3.63, 3.8) is 0 Å². The van der Waals surface area contributed by atoms with Gasteiger partial charge in [-0.3, -0.25) is 0 Å². The Balaban J connectivity index is 0.00000124. The predicted molar refractivity (Wildman–Crippen MR) is 130 cm³/mol. The van der Waals surface area contributed by atoms with E-state index in [-0.39, 0.29) is 6.10 Å². The molecule has 1 heteroatoms. The van der Waals surface area contributed by atoms with Crippen molar-refractivity contribution < 1.29 is 5.11 Å². The van der Waals surface area contributed by atoms with E-state index >= 15 is 0 Å². The van der Waals surface area contributed by atoms with Gasteiger partial charge in [0.25, 0.3) is 0 Å². The average molecular weight is 419 g/mol. The van der Waals surface area contributed by atoms with Gasteiger partial charge in [-0.25, -0.2) is 0 Å². The maximum Gasteiger partial charge on any atom is 0.0543 e. The first-order chi connectivity index (χ1) is 14.1. The van der Waals surface area contributed by atoms with E-state index in [0.717, 1.165) is 42.4 Å². The van der Waals surface area contributed by atoms with Gasteiger partial charge in [0.2, 0.25) is 0 Å². The highest BCUT2D eigenvalue weighted by molar-refractivity contribution is 5.09. The van der Waals surface area contributed by atoms with E-state index in [2.05, 4.69) is 34.6 Å². The van der Waals surface area contributed by atoms with Crippen molar-refractivity contribution in [3.8, 4) is 0 Å². The SMILES string of the molecule is CC.CC(C)(C)CCCC[C@H]1CCC2[C@@H]3CCC4C[C@@H](O)CC[C@]4(C)C3CC[C@@]21C. The fraction of sp³-hybridized carbons (Fsp3) is 1.00. The maximum absolute atomic E-state index is 10.2. The summed E-state index contributed by atoms with van der Waals surface area (Å²) in [5.41, 5.74) is 1.68. The highest BCUT2D eigenvalue weighted by Crippen LogP contribution is 2.67. The molecule has 3 unspecified atom stereocenters. The molecule has 0 bridgehead atoms. The van der Waals surface area contributed by atoms with Gasteiger partial charge in [-0.05, 0) is 116 Å². The van der Waals surface area contributed by atoms with E-state index in [1.165, 1.54) is 70.6 Å². The lowest BCUT2D eigenvalue weighted by atomic mass is 9.44. The summed E-state index contributed by atoms with van der Waals surface area (Å²) in [7, 11) is 0. The second-order valence-electron chi connectivity index (χ2n) is 13.2. The molecular formula is C29H54O. The zero-order chi connectivity index (χ0) is 22.2. The van der Waals surface area contributed by atoms with Crippen LogP contribution in [0.15, 0.2) is 0 Å². The summed E-state index contributed by atoms with van der Waals surface area (Å²) in [6, 6.07) is 0. The second-order valence-corrected chi connectivity index (χ2v) is 13.2. The van der Waals surface area contributed by atoms with Crippen LogP contribution in [0.3, 0.4) is 0 Å². The molecule has 176 valence electrons. The lowest BCUT2D eigenvalue weighted by Gasteiger charge is -2.61. The molecule has 1 N–H and O–H groups in total. The lowest BCUT2D eigenvalue weighted by Crippen LogP contribution is -2.53. The van der Waals surface area contributed by atoms with Crippen LogP contribution in [0.4, 0.5) is 0 Å². The molecule has 8 atom stereocenters. The van der Waals surface area contributed by atoms with Crippen LogP contribution < -0.4 is 0 Å². The normalized spacial score (nSPS) is 45.6. The summed E-state index contributed by atoms with van der Waals surface area (Å²) in [6.45, 7) is 16.5. The molecule has 0 aromatic carbocycles. The Morgan fingerprint density at radius 2 is 1.47 bits per heavy atom. The van der Waals surface area contributed by atoms with E-state index in [1.807, 2.05) is 13.8 Å². The number of hydrogen-bond donors (Lipinski definition) is 1. The van der Waals surface area contributed by atoms with Gasteiger partial charge < -0.3 is 5.11 Å². The van der Waals surface area contributed by atoms with Gasteiger partial charge in [-0.2, -0.15) is 0 Å². The van der Waals surface area contributed by atoms with Crippen LogP contribution in [0.1, 0.15) is 132 Å². The summed E-state index contributed by atoms with van der Waals surface area (Å²) in [5.74, 6) is 4.75. The molecule has 4 fully saturated rings. The van der Waals surface area contributed by atoms with Crippen LogP contribution >= 0.6 is 0 Å². The Hall–Kier alpha value is -0.0400. The van der Waals surface area contributed by atoms with Gasteiger partial charge in [0.05, 0.1) is 6.10 Å². The van der Waals surface area contributed by atoms with Crippen molar-refractivity contribution in [2.45, 2.75) is 138 Å². The second kappa shape index (κ2) is 9.44. The molecule has 0 heterocycles. The summed E-state index contributed by atoms with van der Waals surface area (Å²) in [5, 5.41) is 10.2. The molecule has 0 spiro atoms. The molecule has 4 saturated carbocycles. The van der Waals surface area contributed by atoms with E-state index in [4.69, 9.17) is 0 Å². The van der Waals surface area contributed by atoms with Crippen LogP contribution in [-0.2, 0) is 0 Å². The van der Waals surface area contributed by atoms with Gasteiger partial charge >= 0.3 is 0 Å². The fourth-order valence-corrected chi connectivity index (χ4v) is 8.86. The standard InChI is InChI=1S/C27H48O.C2H6/c1-25(2,3)15-7-6-8-19-10-12-23-22-11-9-20-18-21(28)13-16-27(20,5)24(22)14-17-26(19,23)4;1-2/h19-24,28H,6-18H2,1-5H3;1-2H3/t19-,20?,21-,22-,23?,24?,26+,27-;/m0./s1. The number of fused-ring (bicyclic) bond motifs is 5. The summed E-state index contributed by atoms with van der Waals surface area (Å²) >= 11 is 0. The Bertz CT molecular complexity index is 547. The lowest BCUT2D eigenvalue weighted by molar-refractivity contribution is -0.127. The van der Waals surface area contributed by atoms with Crippen LogP contribution in [0.25, 0.3) is 0 Å². The molecule has 1 nitrogen and oxygen atoms in total. The molecular weight excluding hydrogens is 364 g/mol. The number of rotatable bonds is 4. The minimum atomic E-state index is -0.00700. The van der Waals surface area contributed by atoms with Crippen molar-refractivity contribution in [2.75, 3.05) is 0 Å². The molecule has 30 heavy (non-hydrogen) atoms. The predicted octanol–water partition coefficient (Wildman–Crippen LogP) is 8.64. The maximum atomic E-state index is 10.2. The highest BCUT2D eigenvalue weighted by atomic mass is 16.3. The number of aliphatic hydroxyl groups excluding tert-OH is 1. The summed E-state index contributed by atoms with van der Waals surface area (Å²) < 4.78 is 0. The Labute approximate surface area is 189 Å². The molecule has 0 aliphatic heterocycles. The zero-order valence-electron chi connectivity index (χ0n) is 21.6. The first-order valence-electron chi connectivity index (χ1n) is 13.8. The van der Waals surface area contributed by atoms with Crippen molar-refractivity contribution in [3.05, 3.63) is 0 Å². The smallest absolute Gasteiger partial charge is 0.0543 e. The first-order valence-corrected chi connectivity index (χ1v) is 13.8. The largest absolute Gasteiger partial charge is 0.393 e. The van der Waals surface area contributed by atoms with Crippen LogP contribution in [-0.4, -0.2) is 11.2 Å². The van der Waals surface area contributed by atoms with Crippen molar-refractivity contribution in [1.82, 2.24) is 0 Å². The Morgan fingerprint density at radius 3 is 2.17 bits per heavy atom. The third-order valence-corrected chi connectivity index (χ3v) is 10.6. The van der Waals surface area contributed by atoms with Gasteiger partial charge in [0, 0.05) is 0 Å². The van der Waals surface area contributed by atoms with Gasteiger partial charge in [-0.15, -0.1) is 0 Å². The van der Waals surface area contributed by atoms with Gasteiger partial charge in [0.15, 0.2) is 0 Å². The first kappa shape index (κ1) is 24.6. The topological polar surface area (TPSA) is 20.2 Å². The number of unbranched alkanes of at least 4 members (excludes halogenated alkanes) is 1. The van der Waals surface area contributed by atoms with Crippen LogP contribution in [0.5, 0.6) is 0 Å². The molecule has 4 aliphatic carbocycles. The molecule has 4 rings (SSSR count). The minimum absolute atomic E-state index is 0.00700.